The Labute approximate surface area is 131 Å². The van der Waals surface area contributed by atoms with Gasteiger partial charge in [-0.15, -0.1) is 0 Å². The molecule has 1 aromatic carbocycles. The van der Waals surface area contributed by atoms with E-state index in [1.165, 1.54) is 16.4 Å². The van der Waals surface area contributed by atoms with Gasteiger partial charge in [0, 0.05) is 13.1 Å². The zero-order valence-corrected chi connectivity index (χ0v) is 13.9. The Morgan fingerprint density at radius 2 is 2.00 bits per heavy atom. The summed E-state index contributed by atoms with van der Waals surface area (Å²) in [4.78, 5) is 2.26. The van der Waals surface area contributed by atoms with Crippen LogP contribution in [0.3, 0.4) is 0 Å². The maximum absolute atomic E-state index is 12.7. The minimum absolute atomic E-state index is 0.0138. The van der Waals surface area contributed by atoms with Crippen molar-refractivity contribution in [1.82, 2.24) is 9.21 Å². The van der Waals surface area contributed by atoms with E-state index in [4.69, 9.17) is 11.6 Å². The van der Waals surface area contributed by atoms with Crippen molar-refractivity contribution in [3.05, 3.63) is 28.8 Å². The van der Waals surface area contributed by atoms with Crippen molar-refractivity contribution < 1.29 is 13.5 Å². The Morgan fingerprint density at radius 1 is 1.38 bits per heavy atom. The van der Waals surface area contributed by atoms with E-state index in [1.807, 2.05) is 7.05 Å². The van der Waals surface area contributed by atoms with Gasteiger partial charge in [-0.1, -0.05) is 17.7 Å². The maximum Gasteiger partial charge on any atom is 0.244 e. The predicted octanol–water partition coefficient (Wildman–Crippen LogP) is 1.55. The van der Waals surface area contributed by atoms with Crippen LogP contribution in [0.5, 0.6) is 0 Å². The Hall–Kier alpha value is -0.660. The predicted molar refractivity (Wildman–Crippen MR) is 82.8 cm³/mol. The first-order chi connectivity index (χ1) is 9.86. The summed E-state index contributed by atoms with van der Waals surface area (Å²) >= 11 is 6.05. The summed E-state index contributed by atoms with van der Waals surface area (Å²) in [6.07, 6.45) is 1.62. The van der Waals surface area contributed by atoms with E-state index in [-0.39, 0.29) is 22.6 Å². The second kappa shape index (κ2) is 6.62. The second-order valence-electron chi connectivity index (χ2n) is 5.48. The zero-order chi connectivity index (χ0) is 15.6. The Kier molecular flexibility index (Phi) is 5.27. The van der Waals surface area contributed by atoms with Crippen LogP contribution in [0.4, 0.5) is 0 Å². The van der Waals surface area contributed by atoms with Gasteiger partial charge < -0.3 is 10.0 Å². The first-order valence-electron chi connectivity index (χ1n) is 6.92. The highest BCUT2D eigenvalue weighted by Crippen LogP contribution is 2.28. The first-order valence-corrected chi connectivity index (χ1v) is 8.74. The van der Waals surface area contributed by atoms with E-state index >= 15 is 0 Å². The molecule has 2 rings (SSSR count). The molecular weight excluding hydrogens is 312 g/mol. The molecule has 118 valence electrons. The van der Waals surface area contributed by atoms with Crippen LogP contribution in [0.1, 0.15) is 18.4 Å². The van der Waals surface area contributed by atoms with Gasteiger partial charge >= 0.3 is 0 Å². The number of aliphatic hydroxyl groups is 1. The smallest absolute Gasteiger partial charge is 0.244 e. The average molecular weight is 333 g/mol. The monoisotopic (exact) mass is 332 g/mol. The van der Waals surface area contributed by atoms with Crippen molar-refractivity contribution in [1.29, 1.82) is 0 Å². The van der Waals surface area contributed by atoms with Gasteiger partial charge in [-0.05, 0) is 50.7 Å². The summed E-state index contributed by atoms with van der Waals surface area (Å²) in [6.45, 7) is 1.56. The number of halogens is 1. The van der Waals surface area contributed by atoms with Crippen molar-refractivity contribution in [2.75, 3.05) is 27.2 Å². The molecule has 0 saturated carbocycles. The fourth-order valence-corrected chi connectivity index (χ4v) is 4.49. The van der Waals surface area contributed by atoms with Crippen molar-refractivity contribution in [2.24, 2.45) is 0 Å². The summed E-state index contributed by atoms with van der Waals surface area (Å²) in [5.41, 5.74) is 0.537. The first kappa shape index (κ1) is 16.7. The molecule has 1 aliphatic heterocycles. The van der Waals surface area contributed by atoms with Crippen LogP contribution >= 0.6 is 11.6 Å². The lowest BCUT2D eigenvalue weighted by Gasteiger charge is -2.34. The van der Waals surface area contributed by atoms with Crippen molar-refractivity contribution in [3.63, 3.8) is 0 Å². The largest absolute Gasteiger partial charge is 0.392 e. The number of hydrogen-bond acceptors (Lipinski definition) is 4. The lowest BCUT2D eigenvalue weighted by Crippen LogP contribution is -2.44. The highest BCUT2D eigenvalue weighted by atomic mass is 35.5. The fraction of sp³-hybridized carbons (Fsp3) is 0.571. The molecule has 0 aromatic heterocycles. The molecule has 0 radical (unpaired) electrons. The fourth-order valence-electron chi connectivity index (χ4n) is 2.55. The molecule has 0 unspecified atom stereocenters. The molecule has 1 fully saturated rings. The quantitative estimate of drug-likeness (QED) is 0.908. The molecule has 0 bridgehead atoms. The molecule has 1 heterocycles. The molecule has 0 spiro atoms. The van der Waals surface area contributed by atoms with E-state index in [9.17, 15) is 13.5 Å². The highest BCUT2D eigenvalue weighted by Gasteiger charge is 2.31. The number of likely N-dealkylation sites (tertiary alicyclic amines) is 1. The van der Waals surface area contributed by atoms with E-state index in [2.05, 4.69) is 4.90 Å². The van der Waals surface area contributed by atoms with Crippen LogP contribution < -0.4 is 0 Å². The van der Waals surface area contributed by atoms with Crippen molar-refractivity contribution in [3.8, 4) is 0 Å². The van der Waals surface area contributed by atoms with E-state index in [1.54, 1.807) is 13.1 Å². The normalized spacial score (nSPS) is 18.3. The minimum atomic E-state index is -3.65. The van der Waals surface area contributed by atoms with Crippen LogP contribution in [0.2, 0.25) is 5.02 Å². The molecule has 1 aliphatic rings. The van der Waals surface area contributed by atoms with Gasteiger partial charge in [0.05, 0.1) is 11.6 Å². The van der Waals surface area contributed by atoms with Gasteiger partial charge in [0.1, 0.15) is 4.90 Å². The van der Waals surface area contributed by atoms with Crippen LogP contribution in [0.15, 0.2) is 23.1 Å². The van der Waals surface area contributed by atoms with Crippen LogP contribution in [-0.4, -0.2) is 56.0 Å². The Balaban J connectivity index is 2.29. The summed E-state index contributed by atoms with van der Waals surface area (Å²) in [5, 5.41) is 9.37. The van der Waals surface area contributed by atoms with Crippen LogP contribution in [0, 0.1) is 0 Å². The number of nitrogens with zero attached hydrogens (tertiary/aromatic N) is 2. The number of benzene rings is 1. The molecule has 5 nitrogen and oxygen atoms in total. The summed E-state index contributed by atoms with van der Waals surface area (Å²) in [7, 11) is -0.00913. The van der Waals surface area contributed by atoms with Gasteiger partial charge in [-0.3, -0.25) is 0 Å². The third-order valence-electron chi connectivity index (χ3n) is 4.04. The van der Waals surface area contributed by atoms with Gasteiger partial charge in [-0.25, -0.2) is 8.42 Å². The van der Waals surface area contributed by atoms with Crippen molar-refractivity contribution in [2.45, 2.75) is 30.4 Å². The molecule has 0 aliphatic carbocycles. The molecule has 21 heavy (non-hydrogen) atoms. The third-order valence-corrected chi connectivity index (χ3v) is 6.43. The van der Waals surface area contributed by atoms with E-state index < -0.39 is 10.0 Å². The molecule has 1 aromatic rings. The number of hydrogen-bond donors (Lipinski definition) is 1. The molecule has 7 heteroatoms. The lowest BCUT2D eigenvalue weighted by atomic mass is 10.1. The molecular formula is C14H21ClN2O3S. The lowest BCUT2D eigenvalue weighted by molar-refractivity contribution is 0.197. The Bertz CT molecular complexity index is 598. The number of rotatable bonds is 4. The van der Waals surface area contributed by atoms with E-state index in [0.29, 0.717) is 5.56 Å². The number of aliphatic hydroxyl groups excluding tert-OH is 1. The standard InChI is InChI=1S/C14H21ClN2O3S/c1-16-7-5-12(6-8-16)17(2)21(19,20)14-9-11(10-18)3-4-13(14)15/h3-4,9,12,18H,5-8,10H2,1-2H3. The van der Waals surface area contributed by atoms with Gasteiger partial charge in [-0.2, -0.15) is 4.31 Å². The van der Waals surface area contributed by atoms with E-state index in [0.717, 1.165) is 25.9 Å². The van der Waals surface area contributed by atoms with Gasteiger partial charge in [0.25, 0.3) is 0 Å². The molecule has 1 saturated heterocycles. The maximum atomic E-state index is 12.7. The molecule has 0 amide bonds. The highest BCUT2D eigenvalue weighted by molar-refractivity contribution is 7.89. The summed E-state index contributed by atoms with van der Waals surface area (Å²) < 4.78 is 26.9. The minimum Gasteiger partial charge on any atom is -0.392 e. The summed E-state index contributed by atoms with van der Waals surface area (Å²) in [5.74, 6) is 0. The molecule has 1 N–H and O–H groups in total. The average Bonchev–Trinajstić information content (AvgIpc) is 2.47. The molecule has 0 atom stereocenters. The van der Waals surface area contributed by atoms with Crippen molar-refractivity contribution >= 4 is 21.6 Å². The third kappa shape index (κ3) is 3.57. The van der Waals surface area contributed by atoms with Crippen LogP contribution in [0.25, 0.3) is 0 Å². The second-order valence-corrected chi connectivity index (χ2v) is 7.85. The SMILES string of the molecule is CN1CCC(N(C)S(=O)(=O)c2cc(CO)ccc2Cl)CC1. The zero-order valence-electron chi connectivity index (χ0n) is 12.3. The number of piperidine rings is 1. The van der Waals surface area contributed by atoms with Gasteiger partial charge in [0.2, 0.25) is 10.0 Å². The Morgan fingerprint density at radius 3 is 2.57 bits per heavy atom. The number of sulfonamides is 1. The van der Waals surface area contributed by atoms with Crippen LogP contribution in [-0.2, 0) is 16.6 Å². The van der Waals surface area contributed by atoms with Gasteiger partial charge in [0.15, 0.2) is 0 Å². The summed E-state index contributed by atoms with van der Waals surface area (Å²) in [6, 6.07) is 4.57. The topological polar surface area (TPSA) is 60.9 Å².